The highest BCUT2D eigenvalue weighted by atomic mass is 127. The van der Waals surface area contributed by atoms with Gasteiger partial charge in [-0.1, -0.05) is 31.2 Å². The molecule has 2 rings (SSSR count). The molecule has 0 fully saturated rings. The van der Waals surface area contributed by atoms with Crippen LogP contribution in [0.25, 0.3) is 0 Å². The lowest BCUT2D eigenvalue weighted by Gasteiger charge is -2.18. The smallest absolute Gasteiger partial charge is 0.279 e. The predicted octanol–water partition coefficient (Wildman–Crippen LogP) is 3.22. The van der Waals surface area contributed by atoms with Gasteiger partial charge in [0.1, 0.15) is 5.75 Å². The van der Waals surface area contributed by atoms with E-state index in [9.17, 15) is 9.59 Å². The van der Waals surface area contributed by atoms with Gasteiger partial charge in [-0.3, -0.25) is 20.4 Å². The first-order valence-corrected chi connectivity index (χ1v) is 8.67. The van der Waals surface area contributed by atoms with E-state index in [1.807, 2.05) is 44.2 Å². The third-order valence-corrected chi connectivity index (χ3v) is 4.29. The summed E-state index contributed by atoms with van der Waals surface area (Å²) in [5.74, 6) is -0.127. The Labute approximate surface area is 154 Å². The molecule has 0 radical (unpaired) electrons. The summed E-state index contributed by atoms with van der Waals surface area (Å²) >= 11 is 2.07. The molecular weight excluding hydrogens is 419 g/mol. The molecule has 1 atom stereocenters. The van der Waals surface area contributed by atoms with Crippen LogP contribution in [0.3, 0.4) is 0 Å². The summed E-state index contributed by atoms with van der Waals surface area (Å²) in [4.78, 5) is 24.3. The van der Waals surface area contributed by atoms with Crippen molar-refractivity contribution in [2.45, 2.75) is 26.4 Å². The van der Waals surface area contributed by atoms with Crippen molar-refractivity contribution in [1.29, 1.82) is 0 Å². The minimum Gasteiger partial charge on any atom is -0.481 e. The highest BCUT2D eigenvalue weighted by Crippen LogP contribution is 2.15. The number of rotatable bonds is 5. The highest BCUT2D eigenvalue weighted by Gasteiger charge is 2.19. The summed E-state index contributed by atoms with van der Waals surface area (Å²) in [6, 6.07) is 14.6. The minimum absolute atomic E-state index is 0.362. The zero-order valence-corrected chi connectivity index (χ0v) is 15.7. The normalized spacial score (nSPS) is 11.5. The number of carbonyl (C=O) groups is 2. The van der Waals surface area contributed by atoms with Gasteiger partial charge in [-0.15, -0.1) is 0 Å². The Kier molecular flexibility index (Phi) is 6.60. The molecule has 5 nitrogen and oxygen atoms in total. The zero-order chi connectivity index (χ0) is 17.5. The lowest BCUT2D eigenvalue weighted by molar-refractivity contribution is -0.128. The zero-order valence-electron chi connectivity index (χ0n) is 13.5. The minimum atomic E-state index is -0.679. The van der Waals surface area contributed by atoms with E-state index in [0.29, 0.717) is 17.7 Å². The average molecular weight is 438 g/mol. The number of amides is 2. The quantitative estimate of drug-likeness (QED) is 0.557. The fraction of sp³-hybridized carbons (Fsp3) is 0.222. The van der Waals surface area contributed by atoms with Gasteiger partial charge in [0, 0.05) is 3.57 Å². The molecule has 2 aromatic rings. The van der Waals surface area contributed by atoms with E-state index >= 15 is 0 Å². The van der Waals surface area contributed by atoms with Crippen LogP contribution in [0.5, 0.6) is 5.75 Å². The summed E-state index contributed by atoms with van der Waals surface area (Å²) in [5.41, 5.74) is 6.41. The maximum absolute atomic E-state index is 12.2. The van der Waals surface area contributed by atoms with Crippen LogP contribution in [-0.4, -0.2) is 17.9 Å². The van der Waals surface area contributed by atoms with Gasteiger partial charge in [0.15, 0.2) is 6.10 Å². The van der Waals surface area contributed by atoms with E-state index in [-0.39, 0.29) is 5.91 Å². The standard InChI is InChI=1S/C18H19IN2O3/c1-3-16(24-13-8-6-7-12(2)11-13)18(23)21-20-17(22)14-9-4-5-10-15(14)19/h4-11,16H,3H2,1-2H3,(H,20,22)(H,21,23). The molecule has 0 aliphatic carbocycles. The van der Waals surface area contributed by atoms with Crippen LogP contribution in [0.2, 0.25) is 0 Å². The molecule has 2 aromatic carbocycles. The molecule has 24 heavy (non-hydrogen) atoms. The van der Waals surface area contributed by atoms with E-state index in [0.717, 1.165) is 9.13 Å². The number of aryl methyl sites for hydroxylation is 1. The molecule has 0 spiro atoms. The van der Waals surface area contributed by atoms with E-state index in [1.54, 1.807) is 18.2 Å². The Bertz CT molecular complexity index is 734. The topological polar surface area (TPSA) is 67.4 Å². The van der Waals surface area contributed by atoms with Gasteiger partial charge in [-0.25, -0.2) is 0 Å². The molecule has 2 amide bonds. The van der Waals surface area contributed by atoms with Gasteiger partial charge < -0.3 is 4.74 Å². The Morgan fingerprint density at radius 3 is 2.54 bits per heavy atom. The van der Waals surface area contributed by atoms with Gasteiger partial charge in [-0.2, -0.15) is 0 Å². The Balaban J connectivity index is 1.95. The maximum Gasteiger partial charge on any atom is 0.279 e. The van der Waals surface area contributed by atoms with Gasteiger partial charge in [-0.05, 0) is 65.8 Å². The molecule has 0 aromatic heterocycles. The van der Waals surface area contributed by atoms with Gasteiger partial charge in [0.2, 0.25) is 0 Å². The largest absolute Gasteiger partial charge is 0.481 e. The lowest BCUT2D eigenvalue weighted by Crippen LogP contribution is -2.48. The lowest BCUT2D eigenvalue weighted by atomic mass is 10.2. The summed E-state index contributed by atoms with van der Waals surface area (Å²) in [7, 11) is 0. The predicted molar refractivity (Wildman–Crippen MR) is 101 cm³/mol. The molecule has 126 valence electrons. The number of ether oxygens (including phenoxy) is 1. The van der Waals surface area contributed by atoms with Crippen LogP contribution >= 0.6 is 22.6 Å². The molecular formula is C18H19IN2O3. The van der Waals surface area contributed by atoms with Crippen molar-refractivity contribution < 1.29 is 14.3 Å². The van der Waals surface area contributed by atoms with Crippen molar-refractivity contribution in [3.63, 3.8) is 0 Å². The first-order chi connectivity index (χ1) is 11.5. The van der Waals surface area contributed by atoms with E-state index in [1.165, 1.54) is 0 Å². The number of hydrogen-bond acceptors (Lipinski definition) is 3. The molecule has 0 bridgehead atoms. The summed E-state index contributed by atoms with van der Waals surface area (Å²) in [6.45, 7) is 3.80. The number of hydrazine groups is 1. The number of carbonyl (C=O) groups excluding carboxylic acids is 2. The van der Waals surface area contributed by atoms with Crippen molar-refractivity contribution in [2.24, 2.45) is 0 Å². The number of benzene rings is 2. The average Bonchev–Trinajstić information content (AvgIpc) is 2.57. The van der Waals surface area contributed by atoms with Crippen LogP contribution in [-0.2, 0) is 4.79 Å². The highest BCUT2D eigenvalue weighted by molar-refractivity contribution is 14.1. The molecule has 0 aliphatic heterocycles. The van der Waals surface area contributed by atoms with Gasteiger partial charge in [0.25, 0.3) is 11.8 Å². The van der Waals surface area contributed by atoms with Crippen molar-refractivity contribution in [2.75, 3.05) is 0 Å². The van der Waals surface area contributed by atoms with Crippen LogP contribution in [0.4, 0.5) is 0 Å². The molecule has 2 N–H and O–H groups in total. The maximum atomic E-state index is 12.2. The van der Waals surface area contributed by atoms with Crippen molar-refractivity contribution >= 4 is 34.4 Å². The second-order valence-electron chi connectivity index (χ2n) is 5.25. The molecule has 6 heteroatoms. The van der Waals surface area contributed by atoms with Crippen LogP contribution in [0.1, 0.15) is 29.3 Å². The first-order valence-electron chi connectivity index (χ1n) is 7.59. The Morgan fingerprint density at radius 1 is 1.12 bits per heavy atom. The Hall–Kier alpha value is -2.09. The van der Waals surface area contributed by atoms with Crippen LogP contribution in [0.15, 0.2) is 48.5 Å². The van der Waals surface area contributed by atoms with E-state index in [2.05, 4.69) is 33.4 Å². The SMILES string of the molecule is CCC(Oc1cccc(C)c1)C(=O)NNC(=O)c1ccccc1I. The van der Waals surface area contributed by atoms with Crippen LogP contribution in [0, 0.1) is 10.5 Å². The number of nitrogens with one attached hydrogen (secondary N) is 2. The first kappa shape index (κ1) is 18.3. The van der Waals surface area contributed by atoms with Crippen molar-refractivity contribution in [3.8, 4) is 5.75 Å². The summed E-state index contributed by atoms with van der Waals surface area (Å²) in [5, 5.41) is 0. The van der Waals surface area contributed by atoms with Crippen molar-refractivity contribution in [1.82, 2.24) is 10.9 Å². The number of halogens is 1. The van der Waals surface area contributed by atoms with E-state index in [4.69, 9.17) is 4.74 Å². The Morgan fingerprint density at radius 2 is 1.88 bits per heavy atom. The third kappa shape index (κ3) is 4.95. The third-order valence-electron chi connectivity index (χ3n) is 3.35. The molecule has 0 aliphatic rings. The molecule has 0 heterocycles. The van der Waals surface area contributed by atoms with Gasteiger partial charge in [0.05, 0.1) is 5.56 Å². The fourth-order valence-corrected chi connectivity index (χ4v) is 2.72. The summed E-state index contributed by atoms with van der Waals surface area (Å²) < 4.78 is 6.51. The van der Waals surface area contributed by atoms with E-state index < -0.39 is 12.0 Å². The van der Waals surface area contributed by atoms with Crippen LogP contribution < -0.4 is 15.6 Å². The second kappa shape index (κ2) is 8.68. The number of hydrogen-bond donors (Lipinski definition) is 2. The van der Waals surface area contributed by atoms with Crippen molar-refractivity contribution in [3.05, 3.63) is 63.2 Å². The second-order valence-corrected chi connectivity index (χ2v) is 6.42. The molecule has 0 saturated heterocycles. The summed E-state index contributed by atoms with van der Waals surface area (Å²) in [6.07, 6.45) is -0.194. The van der Waals surface area contributed by atoms with Gasteiger partial charge >= 0.3 is 0 Å². The molecule has 0 saturated carbocycles. The molecule has 1 unspecified atom stereocenters. The fourth-order valence-electron chi connectivity index (χ4n) is 2.09. The monoisotopic (exact) mass is 438 g/mol.